The number of fused-ring (bicyclic) bond motifs is 2. The Morgan fingerprint density at radius 3 is 2.85 bits per heavy atom. The second-order valence-electron chi connectivity index (χ2n) is 10.00. The summed E-state index contributed by atoms with van der Waals surface area (Å²) in [5.41, 5.74) is 1.35. The molecule has 39 heavy (non-hydrogen) atoms. The Kier molecular flexibility index (Phi) is 7.71. The predicted molar refractivity (Wildman–Crippen MR) is 143 cm³/mol. The highest BCUT2D eigenvalue weighted by molar-refractivity contribution is 7.89. The van der Waals surface area contributed by atoms with E-state index in [4.69, 9.17) is 16.0 Å². The van der Waals surface area contributed by atoms with Gasteiger partial charge in [0.2, 0.25) is 5.91 Å². The number of benzene rings is 1. The molecule has 2 amide bonds. The number of piperazine rings is 1. The highest BCUT2D eigenvalue weighted by Gasteiger charge is 2.40. The maximum atomic E-state index is 13.6. The van der Waals surface area contributed by atoms with Crippen molar-refractivity contribution in [3.8, 4) is 0 Å². The summed E-state index contributed by atoms with van der Waals surface area (Å²) in [4.78, 5) is 36.7. The molecule has 0 radical (unpaired) electrons. The van der Waals surface area contributed by atoms with Crippen LogP contribution >= 0.6 is 11.6 Å². The molecular weight excluding hydrogens is 548 g/mol. The predicted octanol–water partition coefficient (Wildman–Crippen LogP) is 1.20. The molecule has 0 saturated carbocycles. The van der Waals surface area contributed by atoms with Crippen LogP contribution in [-0.2, 0) is 27.8 Å². The smallest absolute Gasteiger partial charge is 0.310 e. The molecule has 210 valence electrons. The molecule has 0 aliphatic carbocycles. The summed E-state index contributed by atoms with van der Waals surface area (Å²) in [5, 5.41) is 13.7. The van der Waals surface area contributed by atoms with Gasteiger partial charge in [-0.3, -0.25) is 9.59 Å². The number of nitrogens with one attached hydrogen (secondary N) is 2. The highest BCUT2D eigenvalue weighted by Crippen LogP contribution is 2.28. The van der Waals surface area contributed by atoms with Crippen molar-refractivity contribution < 1.29 is 27.5 Å². The third kappa shape index (κ3) is 5.54. The topological polar surface area (TPSA) is 152 Å². The van der Waals surface area contributed by atoms with Crippen molar-refractivity contribution in [2.75, 3.05) is 39.8 Å². The Bertz CT molecular complexity index is 1500. The van der Waals surface area contributed by atoms with Crippen molar-refractivity contribution in [1.29, 1.82) is 0 Å². The average Bonchev–Trinajstić information content (AvgIpc) is 3.52. The summed E-state index contributed by atoms with van der Waals surface area (Å²) >= 11 is 6.06. The van der Waals surface area contributed by atoms with E-state index in [0.717, 1.165) is 5.69 Å². The number of oxazole rings is 1. The molecular formula is C25H31ClN6O6S. The number of halogens is 1. The summed E-state index contributed by atoms with van der Waals surface area (Å²) < 4.78 is 34.3. The number of likely N-dealkylation sites (N-methyl/N-ethyl adjacent to an activating group) is 1. The number of aliphatic hydroxyl groups is 1. The van der Waals surface area contributed by atoms with Gasteiger partial charge >= 0.3 is 5.91 Å². The van der Waals surface area contributed by atoms with Crippen LogP contribution < -0.4 is 5.32 Å². The van der Waals surface area contributed by atoms with Crippen LogP contribution in [0.4, 0.5) is 0 Å². The number of sulfonamides is 1. The monoisotopic (exact) mass is 578 g/mol. The Morgan fingerprint density at radius 2 is 2.08 bits per heavy atom. The molecule has 12 nitrogen and oxygen atoms in total. The molecule has 1 saturated heterocycles. The number of aliphatic hydroxyl groups excluding tert-OH is 1. The van der Waals surface area contributed by atoms with Gasteiger partial charge in [-0.05, 0) is 31.2 Å². The van der Waals surface area contributed by atoms with E-state index in [-0.39, 0.29) is 62.1 Å². The number of amides is 2. The lowest BCUT2D eigenvalue weighted by Crippen LogP contribution is -2.57. The largest absolute Gasteiger partial charge is 0.436 e. The van der Waals surface area contributed by atoms with Gasteiger partial charge < -0.3 is 29.6 Å². The third-order valence-corrected chi connectivity index (χ3v) is 9.25. The van der Waals surface area contributed by atoms with Gasteiger partial charge in [-0.25, -0.2) is 13.4 Å². The van der Waals surface area contributed by atoms with E-state index in [1.165, 1.54) is 20.2 Å². The van der Waals surface area contributed by atoms with Crippen LogP contribution in [0.5, 0.6) is 0 Å². The lowest BCUT2D eigenvalue weighted by molar-refractivity contribution is -0.131. The number of hydrogen-bond donors (Lipinski definition) is 3. The van der Waals surface area contributed by atoms with E-state index < -0.39 is 22.0 Å². The van der Waals surface area contributed by atoms with E-state index in [2.05, 4.69) is 15.3 Å². The van der Waals surface area contributed by atoms with Crippen molar-refractivity contribution in [3.63, 3.8) is 0 Å². The van der Waals surface area contributed by atoms with Gasteiger partial charge in [0.25, 0.3) is 15.9 Å². The zero-order valence-electron chi connectivity index (χ0n) is 21.7. The first-order valence-corrected chi connectivity index (χ1v) is 14.5. The molecule has 2 aromatic heterocycles. The number of aromatic nitrogens is 2. The number of H-pyrrole nitrogens is 1. The van der Waals surface area contributed by atoms with E-state index in [1.54, 1.807) is 25.2 Å². The zero-order chi connectivity index (χ0) is 27.9. The molecule has 4 heterocycles. The minimum absolute atomic E-state index is 0.00372. The minimum Gasteiger partial charge on any atom is -0.436 e. The molecule has 0 spiro atoms. The fourth-order valence-corrected chi connectivity index (χ4v) is 6.66. The standard InChI is InChI=1S/C25H31ClN6O6S/c1-15-9-20-21(13-27-15)38-24(29-20)25(35)32-6-5-31(14-18(32)12-23(34)30(2)7-8-33)39(36,37)22-11-16-10-17(26)3-4-19(16)28-22/h3-4,10-11,15,18,27-28,33H,5-9,12-14H2,1-2H3. The summed E-state index contributed by atoms with van der Waals surface area (Å²) in [6.45, 7) is 2.37. The first kappa shape index (κ1) is 27.6. The molecule has 1 fully saturated rings. The van der Waals surface area contributed by atoms with Crippen LogP contribution in [0.15, 0.2) is 33.7 Å². The average molecular weight is 579 g/mol. The second-order valence-corrected chi connectivity index (χ2v) is 12.3. The first-order valence-electron chi connectivity index (χ1n) is 12.7. The third-order valence-electron chi connectivity index (χ3n) is 7.23. The Labute approximate surface area is 231 Å². The molecule has 2 aliphatic rings. The first-order chi connectivity index (χ1) is 18.6. The van der Waals surface area contributed by atoms with Crippen LogP contribution in [0.1, 0.15) is 35.5 Å². The molecule has 3 aromatic rings. The van der Waals surface area contributed by atoms with E-state index >= 15 is 0 Å². The van der Waals surface area contributed by atoms with Gasteiger partial charge in [0.15, 0.2) is 0 Å². The van der Waals surface area contributed by atoms with Crippen molar-refractivity contribution in [3.05, 3.63) is 46.6 Å². The molecule has 5 rings (SSSR count). The molecule has 2 atom stereocenters. The Morgan fingerprint density at radius 1 is 1.28 bits per heavy atom. The Balaban J connectivity index is 1.41. The summed E-state index contributed by atoms with van der Waals surface area (Å²) in [7, 11) is -2.42. The fourth-order valence-electron chi connectivity index (χ4n) is 5.00. The maximum absolute atomic E-state index is 13.6. The van der Waals surface area contributed by atoms with Gasteiger partial charge in [-0.15, -0.1) is 0 Å². The van der Waals surface area contributed by atoms with Gasteiger partial charge in [-0.2, -0.15) is 4.31 Å². The number of aromatic amines is 1. The van der Waals surface area contributed by atoms with Crippen molar-refractivity contribution >= 4 is 44.3 Å². The second kappa shape index (κ2) is 10.9. The van der Waals surface area contributed by atoms with Crippen molar-refractivity contribution in [2.45, 2.75) is 43.4 Å². The van der Waals surface area contributed by atoms with Crippen molar-refractivity contribution in [1.82, 2.24) is 29.4 Å². The molecule has 3 N–H and O–H groups in total. The van der Waals surface area contributed by atoms with Crippen LogP contribution in [0.3, 0.4) is 0 Å². The van der Waals surface area contributed by atoms with E-state index in [9.17, 15) is 23.1 Å². The van der Waals surface area contributed by atoms with Gasteiger partial charge in [-0.1, -0.05) is 11.6 Å². The van der Waals surface area contributed by atoms with E-state index in [1.807, 2.05) is 6.92 Å². The quantitative estimate of drug-likeness (QED) is 0.378. The van der Waals surface area contributed by atoms with E-state index in [0.29, 0.717) is 34.7 Å². The lowest BCUT2D eigenvalue weighted by Gasteiger charge is -2.40. The number of carbonyl (C=O) groups is 2. The van der Waals surface area contributed by atoms with Gasteiger partial charge in [0.05, 0.1) is 24.9 Å². The van der Waals surface area contributed by atoms with Gasteiger partial charge in [0.1, 0.15) is 10.8 Å². The summed E-state index contributed by atoms with van der Waals surface area (Å²) in [6.07, 6.45) is 0.497. The fraction of sp³-hybridized carbons (Fsp3) is 0.480. The normalized spacial score (nSPS) is 20.3. The minimum atomic E-state index is -3.97. The molecule has 0 bridgehead atoms. The molecule has 2 unspecified atom stereocenters. The number of rotatable bonds is 7. The lowest BCUT2D eigenvalue weighted by atomic mass is 10.1. The van der Waals surface area contributed by atoms with Gasteiger partial charge in [0, 0.05) is 68.0 Å². The summed E-state index contributed by atoms with van der Waals surface area (Å²) in [6, 6.07) is 6.01. The SMILES string of the molecule is CC1Cc2nc(C(=O)N3CCN(S(=O)(=O)c4cc5cc(Cl)ccc5[nH]4)CC3CC(=O)N(C)CCO)oc2CN1. The van der Waals surface area contributed by atoms with Crippen LogP contribution in [0, 0.1) is 0 Å². The number of hydrogen-bond acceptors (Lipinski definition) is 8. The maximum Gasteiger partial charge on any atom is 0.310 e. The molecule has 14 heteroatoms. The highest BCUT2D eigenvalue weighted by atomic mass is 35.5. The van der Waals surface area contributed by atoms with Crippen LogP contribution in [0.2, 0.25) is 5.02 Å². The van der Waals surface area contributed by atoms with Crippen LogP contribution in [-0.4, -0.2) is 101 Å². The van der Waals surface area contributed by atoms with Crippen LogP contribution in [0.25, 0.3) is 10.9 Å². The van der Waals surface area contributed by atoms with Crippen molar-refractivity contribution in [2.24, 2.45) is 0 Å². The zero-order valence-corrected chi connectivity index (χ0v) is 23.3. The number of nitrogens with zero attached hydrogens (tertiary/aromatic N) is 4. The number of carbonyl (C=O) groups excluding carboxylic acids is 2. The summed E-state index contributed by atoms with van der Waals surface area (Å²) in [5.74, 6) is -0.277. The molecule has 1 aromatic carbocycles. The molecule has 2 aliphatic heterocycles. The Hall–Kier alpha value is -2.97.